The van der Waals surface area contributed by atoms with Crippen LogP contribution in [0.1, 0.15) is 6.42 Å². The predicted octanol–water partition coefficient (Wildman–Crippen LogP) is 2.47. The van der Waals surface area contributed by atoms with E-state index in [1.807, 2.05) is 12.1 Å². The van der Waals surface area contributed by atoms with Crippen LogP contribution in [-0.4, -0.2) is 22.7 Å². The van der Waals surface area contributed by atoms with Gasteiger partial charge in [0.25, 0.3) is 5.22 Å². The van der Waals surface area contributed by atoms with Crippen LogP contribution in [0.15, 0.2) is 27.8 Å². The normalized spacial score (nSPS) is 12.4. The molecule has 2 heterocycles. The van der Waals surface area contributed by atoms with E-state index in [2.05, 4.69) is 16.3 Å². The maximum atomic E-state index is 8.46. The van der Waals surface area contributed by atoms with Crippen molar-refractivity contribution in [1.29, 1.82) is 5.26 Å². The fraction of sp³-hybridized carbons (Fsp3) is 0.250. The molecule has 0 aliphatic carbocycles. The standard InChI is InChI=1S/C12H9N3O3S/c13-4-1-5-19-12-15-14-11(18-12)8-2-3-9-10(6-8)17-7-16-9/h2-3,6H,1,5,7H2. The largest absolute Gasteiger partial charge is 0.454 e. The molecule has 2 aromatic rings. The van der Waals surface area contributed by atoms with E-state index in [-0.39, 0.29) is 6.79 Å². The third-order valence-electron chi connectivity index (χ3n) is 2.47. The molecule has 0 spiro atoms. The summed E-state index contributed by atoms with van der Waals surface area (Å²) in [5, 5.41) is 16.8. The third-order valence-corrected chi connectivity index (χ3v) is 3.29. The van der Waals surface area contributed by atoms with E-state index in [0.29, 0.717) is 34.8 Å². The van der Waals surface area contributed by atoms with Crippen molar-refractivity contribution in [3.05, 3.63) is 18.2 Å². The van der Waals surface area contributed by atoms with Crippen LogP contribution in [0.2, 0.25) is 0 Å². The first-order valence-electron chi connectivity index (χ1n) is 5.60. The fourth-order valence-corrected chi connectivity index (χ4v) is 2.20. The molecule has 1 aliphatic rings. The van der Waals surface area contributed by atoms with Crippen molar-refractivity contribution in [2.75, 3.05) is 12.5 Å². The Morgan fingerprint density at radius 3 is 3.05 bits per heavy atom. The molecule has 0 atom stereocenters. The summed E-state index contributed by atoms with van der Waals surface area (Å²) in [6.07, 6.45) is 0.451. The van der Waals surface area contributed by atoms with Crippen molar-refractivity contribution < 1.29 is 13.9 Å². The lowest BCUT2D eigenvalue weighted by Crippen LogP contribution is -1.92. The highest BCUT2D eigenvalue weighted by atomic mass is 32.2. The number of rotatable bonds is 4. The molecular formula is C12H9N3O3S. The van der Waals surface area contributed by atoms with Gasteiger partial charge in [-0.1, -0.05) is 11.8 Å². The van der Waals surface area contributed by atoms with Crippen LogP contribution in [0, 0.1) is 11.3 Å². The van der Waals surface area contributed by atoms with E-state index in [4.69, 9.17) is 19.2 Å². The highest BCUT2D eigenvalue weighted by Gasteiger charge is 2.16. The second-order valence-corrected chi connectivity index (χ2v) is 4.74. The first kappa shape index (κ1) is 11.9. The van der Waals surface area contributed by atoms with Crippen molar-refractivity contribution in [1.82, 2.24) is 10.2 Å². The maximum Gasteiger partial charge on any atom is 0.276 e. The van der Waals surface area contributed by atoms with Gasteiger partial charge >= 0.3 is 0 Å². The second kappa shape index (κ2) is 5.20. The Kier molecular flexibility index (Phi) is 3.25. The average Bonchev–Trinajstić information content (AvgIpc) is 3.06. The number of benzene rings is 1. The van der Waals surface area contributed by atoms with Gasteiger partial charge < -0.3 is 13.9 Å². The molecule has 1 aromatic heterocycles. The molecule has 19 heavy (non-hydrogen) atoms. The fourth-order valence-electron chi connectivity index (χ4n) is 1.60. The monoisotopic (exact) mass is 275 g/mol. The Morgan fingerprint density at radius 2 is 2.16 bits per heavy atom. The summed E-state index contributed by atoms with van der Waals surface area (Å²) in [6.45, 7) is 0.234. The Morgan fingerprint density at radius 1 is 1.26 bits per heavy atom. The van der Waals surface area contributed by atoms with Crippen LogP contribution in [0.3, 0.4) is 0 Å². The summed E-state index contributed by atoms with van der Waals surface area (Å²) >= 11 is 1.37. The van der Waals surface area contributed by atoms with Crippen LogP contribution in [-0.2, 0) is 0 Å². The van der Waals surface area contributed by atoms with E-state index in [1.165, 1.54) is 11.8 Å². The van der Waals surface area contributed by atoms with Crippen LogP contribution >= 0.6 is 11.8 Å². The van der Waals surface area contributed by atoms with E-state index >= 15 is 0 Å². The van der Waals surface area contributed by atoms with Gasteiger partial charge in [-0.3, -0.25) is 0 Å². The van der Waals surface area contributed by atoms with E-state index in [1.54, 1.807) is 6.07 Å². The second-order valence-electron chi connectivity index (χ2n) is 3.70. The van der Waals surface area contributed by atoms with Gasteiger partial charge in [-0.25, -0.2) is 0 Å². The molecule has 0 fully saturated rings. The van der Waals surface area contributed by atoms with Crippen molar-refractivity contribution >= 4 is 11.8 Å². The number of thioether (sulfide) groups is 1. The molecule has 0 N–H and O–H groups in total. The average molecular weight is 275 g/mol. The van der Waals surface area contributed by atoms with E-state index in [9.17, 15) is 0 Å². The first-order valence-corrected chi connectivity index (χ1v) is 6.58. The van der Waals surface area contributed by atoms with Crippen LogP contribution in [0.5, 0.6) is 11.5 Å². The Hall–Kier alpha value is -2.20. The number of nitrogens with zero attached hydrogens (tertiary/aromatic N) is 3. The minimum atomic E-state index is 0.234. The van der Waals surface area contributed by atoms with Gasteiger partial charge in [-0.05, 0) is 18.2 Å². The van der Waals surface area contributed by atoms with Crippen molar-refractivity contribution in [2.24, 2.45) is 0 Å². The number of hydrogen-bond acceptors (Lipinski definition) is 7. The van der Waals surface area contributed by atoms with E-state index in [0.717, 1.165) is 5.56 Å². The van der Waals surface area contributed by atoms with Crippen molar-refractivity contribution in [3.8, 4) is 29.0 Å². The lowest BCUT2D eigenvalue weighted by molar-refractivity contribution is 0.174. The molecule has 7 heteroatoms. The van der Waals surface area contributed by atoms with Gasteiger partial charge in [0.15, 0.2) is 11.5 Å². The third kappa shape index (κ3) is 2.48. The number of fused-ring (bicyclic) bond motifs is 1. The summed E-state index contributed by atoms with van der Waals surface area (Å²) in [4.78, 5) is 0. The summed E-state index contributed by atoms with van der Waals surface area (Å²) in [7, 11) is 0. The molecule has 6 nitrogen and oxygen atoms in total. The zero-order chi connectivity index (χ0) is 13.1. The zero-order valence-corrected chi connectivity index (χ0v) is 10.6. The van der Waals surface area contributed by atoms with Gasteiger partial charge in [0.2, 0.25) is 12.7 Å². The Labute approximate surface area is 113 Å². The van der Waals surface area contributed by atoms with Crippen LogP contribution in [0.4, 0.5) is 0 Å². The lowest BCUT2D eigenvalue weighted by atomic mass is 10.2. The molecular weight excluding hydrogens is 266 g/mol. The van der Waals surface area contributed by atoms with Gasteiger partial charge in [-0.2, -0.15) is 5.26 Å². The molecule has 1 aromatic carbocycles. The summed E-state index contributed by atoms with van der Waals surface area (Å²) in [6, 6.07) is 7.52. The maximum absolute atomic E-state index is 8.46. The summed E-state index contributed by atoms with van der Waals surface area (Å²) in [5.41, 5.74) is 0.781. The quantitative estimate of drug-likeness (QED) is 0.626. The molecule has 3 rings (SSSR count). The van der Waals surface area contributed by atoms with Crippen molar-refractivity contribution in [3.63, 3.8) is 0 Å². The predicted molar refractivity (Wildman–Crippen MR) is 66.8 cm³/mol. The van der Waals surface area contributed by atoms with Gasteiger partial charge in [0.1, 0.15) is 0 Å². The van der Waals surface area contributed by atoms with Crippen molar-refractivity contribution in [2.45, 2.75) is 11.6 Å². The number of ether oxygens (including phenoxy) is 2. The molecule has 96 valence electrons. The molecule has 0 saturated heterocycles. The molecule has 0 saturated carbocycles. The first-order chi connectivity index (χ1) is 9.36. The van der Waals surface area contributed by atoms with Gasteiger partial charge in [-0.15, -0.1) is 10.2 Å². The highest BCUT2D eigenvalue weighted by molar-refractivity contribution is 7.99. The van der Waals surface area contributed by atoms with Gasteiger partial charge in [0, 0.05) is 17.7 Å². The smallest absolute Gasteiger partial charge is 0.276 e. The molecule has 0 amide bonds. The van der Waals surface area contributed by atoms with E-state index < -0.39 is 0 Å². The van der Waals surface area contributed by atoms with Crippen LogP contribution < -0.4 is 9.47 Å². The molecule has 0 unspecified atom stereocenters. The number of aromatic nitrogens is 2. The van der Waals surface area contributed by atoms with Crippen LogP contribution in [0.25, 0.3) is 11.5 Å². The SMILES string of the molecule is N#CCCSc1nnc(-c2ccc3c(c2)OCO3)o1. The Bertz CT molecular complexity index is 635. The summed E-state index contributed by atoms with van der Waals surface area (Å²) in [5.74, 6) is 2.46. The minimum absolute atomic E-state index is 0.234. The van der Waals surface area contributed by atoms with Gasteiger partial charge in [0.05, 0.1) is 6.07 Å². The number of nitriles is 1. The molecule has 0 radical (unpaired) electrons. The number of hydrogen-bond donors (Lipinski definition) is 0. The zero-order valence-electron chi connectivity index (χ0n) is 9.83. The topological polar surface area (TPSA) is 81.2 Å². The Balaban J connectivity index is 1.77. The molecule has 1 aliphatic heterocycles. The molecule has 0 bridgehead atoms. The minimum Gasteiger partial charge on any atom is -0.454 e. The summed E-state index contributed by atoms with van der Waals surface area (Å²) < 4.78 is 16.0. The highest BCUT2D eigenvalue weighted by Crippen LogP contribution is 2.35. The lowest BCUT2D eigenvalue weighted by Gasteiger charge is -1.97.